The SMILES string of the molecule is O=C1NC(=O)C2(CCCCC2)C(=O)N1c1cccc(Br)c1. The number of rotatable bonds is 1. The molecule has 21 heavy (non-hydrogen) atoms. The van der Waals surface area contributed by atoms with Crippen LogP contribution in [0.5, 0.6) is 0 Å². The van der Waals surface area contributed by atoms with Gasteiger partial charge in [-0.3, -0.25) is 14.9 Å². The molecule has 1 saturated carbocycles. The molecule has 1 aromatic rings. The molecule has 110 valence electrons. The van der Waals surface area contributed by atoms with Crippen LogP contribution >= 0.6 is 15.9 Å². The standard InChI is InChI=1S/C15H15BrN2O3/c16-10-5-4-6-11(9-10)18-13(20)15(7-2-1-3-8-15)12(19)17-14(18)21/h4-6,9H,1-3,7-8H2,(H,17,19,21). The van der Waals surface area contributed by atoms with Crippen molar-refractivity contribution in [1.29, 1.82) is 0 Å². The highest BCUT2D eigenvalue weighted by molar-refractivity contribution is 9.10. The maximum absolute atomic E-state index is 12.9. The Labute approximate surface area is 130 Å². The predicted molar refractivity (Wildman–Crippen MR) is 80.7 cm³/mol. The molecule has 1 aliphatic carbocycles. The molecule has 1 N–H and O–H groups in total. The van der Waals surface area contributed by atoms with E-state index in [0.717, 1.165) is 28.6 Å². The van der Waals surface area contributed by atoms with Crippen LogP contribution in [0.15, 0.2) is 28.7 Å². The molecule has 1 spiro atoms. The van der Waals surface area contributed by atoms with E-state index in [1.165, 1.54) is 0 Å². The normalized spacial score (nSPS) is 21.6. The van der Waals surface area contributed by atoms with Gasteiger partial charge < -0.3 is 0 Å². The first-order chi connectivity index (χ1) is 10.0. The van der Waals surface area contributed by atoms with Crippen LogP contribution in [0.3, 0.4) is 0 Å². The second kappa shape index (κ2) is 5.26. The van der Waals surface area contributed by atoms with Gasteiger partial charge in [0.05, 0.1) is 5.69 Å². The molecule has 0 aromatic heterocycles. The van der Waals surface area contributed by atoms with Crippen LogP contribution in [0.2, 0.25) is 0 Å². The largest absolute Gasteiger partial charge is 0.335 e. The lowest BCUT2D eigenvalue weighted by molar-refractivity contribution is -0.144. The van der Waals surface area contributed by atoms with E-state index < -0.39 is 23.3 Å². The van der Waals surface area contributed by atoms with Crippen LogP contribution < -0.4 is 10.2 Å². The summed E-state index contributed by atoms with van der Waals surface area (Å²) in [5.41, 5.74) is -0.599. The van der Waals surface area contributed by atoms with Crippen LogP contribution in [-0.2, 0) is 9.59 Å². The van der Waals surface area contributed by atoms with E-state index in [1.807, 2.05) is 6.07 Å². The summed E-state index contributed by atoms with van der Waals surface area (Å²) in [5.74, 6) is -0.836. The van der Waals surface area contributed by atoms with Crippen molar-refractivity contribution in [3.8, 4) is 0 Å². The first-order valence-corrected chi connectivity index (χ1v) is 7.79. The number of benzene rings is 1. The van der Waals surface area contributed by atoms with E-state index in [4.69, 9.17) is 0 Å². The lowest BCUT2D eigenvalue weighted by atomic mass is 9.71. The number of amides is 4. The van der Waals surface area contributed by atoms with E-state index in [9.17, 15) is 14.4 Å². The van der Waals surface area contributed by atoms with Gasteiger partial charge in [0.15, 0.2) is 0 Å². The second-order valence-corrected chi connectivity index (χ2v) is 6.44. The zero-order valence-electron chi connectivity index (χ0n) is 11.4. The Balaban J connectivity index is 2.02. The molecule has 3 rings (SSSR count). The number of carbonyl (C=O) groups excluding carboxylic acids is 3. The number of hydrogen-bond donors (Lipinski definition) is 1. The van der Waals surface area contributed by atoms with Crippen molar-refractivity contribution in [1.82, 2.24) is 5.32 Å². The number of hydrogen-bond acceptors (Lipinski definition) is 3. The summed E-state index contributed by atoms with van der Waals surface area (Å²) in [5, 5.41) is 2.35. The molecule has 1 aromatic carbocycles. The Hall–Kier alpha value is -1.69. The van der Waals surface area contributed by atoms with Gasteiger partial charge in [0.25, 0.3) is 5.91 Å². The van der Waals surface area contributed by atoms with Crippen molar-refractivity contribution in [2.24, 2.45) is 5.41 Å². The summed E-state index contributed by atoms with van der Waals surface area (Å²) in [6, 6.07) is 6.29. The summed E-state index contributed by atoms with van der Waals surface area (Å²) in [6.45, 7) is 0. The van der Waals surface area contributed by atoms with Crippen molar-refractivity contribution in [3.05, 3.63) is 28.7 Å². The first kappa shape index (κ1) is 14.3. The average molecular weight is 351 g/mol. The molecule has 6 heteroatoms. The number of carbonyl (C=O) groups is 3. The number of imide groups is 2. The van der Waals surface area contributed by atoms with Crippen LogP contribution in [-0.4, -0.2) is 17.8 Å². The Morgan fingerprint density at radius 3 is 2.48 bits per heavy atom. The van der Waals surface area contributed by atoms with Crippen LogP contribution in [0.4, 0.5) is 10.5 Å². The first-order valence-electron chi connectivity index (χ1n) is 7.00. The number of halogens is 1. The zero-order chi connectivity index (χ0) is 15.0. The number of barbiturate groups is 1. The van der Waals surface area contributed by atoms with Gasteiger partial charge in [0.1, 0.15) is 5.41 Å². The van der Waals surface area contributed by atoms with Crippen molar-refractivity contribution < 1.29 is 14.4 Å². The van der Waals surface area contributed by atoms with Gasteiger partial charge in [-0.05, 0) is 31.0 Å². The smallest absolute Gasteiger partial charge is 0.276 e. The monoisotopic (exact) mass is 350 g/mol. The van der Waals surface area contributed by atoms with Gasteiger partial charge in [-0.15, -0.1) is 0 Å². The number of nitrogens with zero attached hydrogens (tertiary/aromatic N) is 1. The van der Waals surface area contributed by atoms with Gasteiger partial charge in [0, 0.05) is 4.47 Å². The van der Waals surface area contributed by atoms with Gasteiger partial charge in [-0.25, -0.2) is 9.69 Å². The fraction of sp³-hybridized carbons (Fsp3) is 0.400. The molecule has 1 saturated heterocycles. The second-order valence-electron chi connectivity index (χ2n) is 5.52. The summed E-state index contributed by atoms with van der Waals surface area (Å²) < 4.78 is 0.773. The molecule has 0 bridgehead atoms. The third-order valence-electron chi connectivity index (χ3n) is 4.24. The maximum Gasteiger partial charge on any atom is 0.335 e. The molecule has 0 atom stereocenters. The summed E-state index contributed by atoms with van der Waals surface area (Å²) in [4.78, 5) is 38.3. The molecular formula is C15H15BrN2O3. The van der Waals surface area contributed by atoms with Gasteiger partial charge in [0.2, 0.25) is 5.91 Å². The average Bonchev–Trinajstić information content (AvgIpc) is 2.47. The van der Waals surface area contributed by atoms with Crippen LogP contribution in [0.25, 0.3) is 0 Å². The van der Waals surface area contributed by atoms with Gasteiger partial charge >= 0.3 is 6.03 Å². The molecule has 2 aliphatic rings. The molecule has 1 aliphatic heterocycles. The van der Waals surface area contributed by atoms with E-state index >= 15 is 0 Å². The van der Waals surface area contributed by atoms with Crippen molar-refractivity contribution >= 4 is 39.5 Å². The molecule has 5 nitrogen and oxygen atoms in total. The molecule has 1 heterocycles. The minimum atomic E-state index is -1.07. The minimum Gasteiger partial charge on any atom is -0.276 e. The molecular weight excluding hydrogens is 336 g/mol. The molecule has 2 fully saturated rings. The molecule has 4 amide bonds. The fourth-order valence-corrected chi connectivity index (χ4v) is 3.51. The summed E-state index contributed by atoms with van der Waals surface area (Å²) >= 11 is 3.33. The molecule has 0 unspecified atom stereocenters. The van der Waals surface area contributed by atoms with Gasteiger partial charge in [-0.2, -0.15) is 0 Å². The van der Waals surface area contributed by atoms with Gasteiger partial charge in [-0.1, -0.05) is 41.3 Å². The Morgan fingerprint density at radius 2 is 1.81 bits per heavy atom. The highest BCUT2D eigenvalue weighted by Crippen LogP contribution is 2.41. The van der Waals surface area contributed by atoms with Crippen LogP contribution in [0.1, 0.15) is 32.1 Å². The lowest BCUT2D eigenvalue weighted by Crippen LogP contribution is -2.64. The summed E-state index contributed by atoms with van der Waals surface area (Å²) in [6.07, 6.45) is 3.71. The lowest BCUT2D eigenvalue weighted by Gasteiger charge is -2.41. The summed E-state index contributed by atoms with van der Waals surface area (Å²) in [7, 11) is 0. The topological polar surface area (TPSA) is 66.5 Å². The Bertz CT molecular complexity index is 623. The van der Waals surface area contributed by atoms with E-state index in [1.54, 1.807) is 18.2 Å². The van der Waals surface area contributed by atoms with Crippen molar-refractivity contribution in [3.63, 3.8) is 0 Å². The molecule has 0 radical (unpaired) electrons. The predicted octanol–water partition coefficient (Wildman–Crippen LogP) is 2.98. The number of nitrogens with one attached hydrogen (secondary N) is 1. The maximum atomic E-state index is 12.9. The number of urea groups is 1. The third-order valence-corrected chi connectivity index (χ3v) is 4.74. The van der Waals surface area contributed by atoms with Crippen molar-refractivity contribution in [2.75, 3.05) is 4.90 Å². The highest BCUT2D eigenvalue weighted by atomic mass is 79.9. The van der Waals surface area contributed by atoms with Crippen molar-refractivity contribution in [2.45, 2.75) is 32.1 Å². The van der Waals surface area contributed by atoms with E-state index in [0.29, 0.717) is 18.5 Å². The Morgan fingerprint density at radius 1 is 1.10 bits per heavy atom. The Kier molecular flexibility index (Phi) is 3.57. The third kappa shape index (κ3) is 2.27. The van der Waals surface area contributed by atoms with E-state index in [-0.39, 0.29) is 0 Å². The zero-order valence-corrected chi connectivity index (χ0v) is 13.0. The fourth-order valence-electron chi connectivity index (χ4n) is 3.12. The van der Waals surface area contributed by atoms with Crippen LogP contribution in [0, 0.1) is 5.41 Å². The number of anilines is 1. The highest BCUT2D eigenvalue weighted by Gasteiger charge is 2.54. The van der Waals surface area contributed by atoms with E-state index in [2.05, 4.69) is 21.2 Å². The minimum absolute atomic E-state index is 0.394. The quantitative estimate of drug-likeness (QED) is 0.791.